The molecule has 0 spiro atoms. The number of halogens is 3. The fraction of sp³-hybridized carbons (Fsp3) is 0.556. The number of carboxylic acids is 1. The lowest BCUT2D eigenvalue weighted by Gasteiger charge is -2.34. The summed E-state index contributed by atoms with van der Waals surface area (Å²) in [5.41, 5.74) is 0.840. The van der Waals surface area contributed by atoms with Gasteiger partial charge in [-0.2, -0.15) is 13.2 Å². The van der Waals surface area contributed by atoms with Gasteiger partial charge in [-0.1, -0.05) is 31.9 Å². The Morgan fingerprint density at radius 3 is 2.45 bits per heavy atom. The predicted molar refractivity (Wildman–Crippen MR) is 137 cm³/mol. The molecule has 8 nitrogen and oxygen atoms in total. The second-order valence-corrected chi connectivity index (χ2v) is 10.4. The van der Waals surface area contributed by atoms with Gasteiger partial charge in [0, 0.05) is 12.6 Å². The number of hydrogen-bond donors (Lipinski definition) is 2. The lowest BCUT2D eigenvalue weighted by Crippen LogP contribution is -2.35. The van der Waals surface area contributed by atoms with Crippen LogP contribution in [0.15, 0.2) is 24.3 Å². The standard InChI is InChI=1S/C27H33F3N6O2/c1-3-35-14-5-4-9-20(35)25-34-23-21(36(25)15-17-10-12-19(13-11-17)27(28,29)30)22(32-24(33-23)26(37)38)31-16(2)18-7-6-8-18/h10-13,16,18,20H,3-9,14-15H2,1-2H3,(H,37,38)(H,31,32,33). The lowest BCUT2D eigenvalue weighted by atomic mass is 9.80. The van der Waals surface area contributed by atoms with Crippen molar-refractivity contribution in [1.29, 1.82) is 0 Å². The van der Waals surface area contributed by atoms with Gasteiger partial charge < -0.3 is 15.0 Å². The van der Waals surface area contributed by atoms with Gasteiger partial charge in [-0.25, -0.2) is 19.7 Å². The number of alkyl halides is 3. The first-order valence-corrected chi connectivity index (χ1v) is 13.3. The molecule has 1 saturated heterocycles. The Morgan fingerprint density at radius 1 is 1.11 bits per heavy atom. The third-order valence-corrected chi connectivity index (χ3v) is 7.98. The van der Waals surface area contributed by atoms with Crippen molar-refractivity contribution in [2.24, 2.45) is 5.92 Å². The van der Waals surface area contributed by atoms with E-state index < -0.39 is 17.7 Å². The molecule has 2 aromatic heterocycles. The summed E-state index contributed by atoms with van der Waals surface area (Å²) in [7, 11) is 0. The third-order valence-electron chi connectivity index (χ3n) is 7.98. The van der Waals surface area contributed by atoms with Crippen molar-refractivity contribution >= 4 is 23.0 Å². The number of nitrogens with zero attached hydrogens (tertiary/aromatic N) is 5. The number of rotatable bonds is 8. The molecule has 3 aromatic rings. The van der Waals surface area contributed by atoms with Gasteiger partial charge in [-0.15, -0.1) is 0 Å². The SMILES string of the molecule is CCN1CCCCC1c1nc2nc(C(=O)O)nc(NC(C)C3CCC3)c2n1Cc1ccc(C(F)(F)F)cc1. The summed E-state index contributed by atoms with van der Waals surface area (Å²) in [6, 6.07) is 5.19. The first kappa shape index (κ1) is 26.4. The first-order chi connectivity index (χ1) is 18.2. The van der Waals surface area contributed by atoms with Crippen LogP contribution in [-0.4, -0.2) is 54.6 Å². The van der Waals surface area contributed by atoms with Gasteiger partial charge >= 0.3 is 12.1 Å². The number of aromatic nitrogens is 4. The van der Waals surface area contributed by atoms with Crippen molar-refractivity contribution in [3.8, 4) is 0 Å². The number of aromatic carboxylic acids is 1. The molecule has 0 radical (unpaired) electrons. The maximum Gasteiger partial charge on any atom is 0.416 e. The van der Waals surface area contributed by atoms with Crippen molar-refractivity contribution in [3.05, 3.63) is 47.0 Å². The van der Waals surface area contributed by atoms with Gasteiger partial charge in [0.25, 0.3) is 0 Å². The summed E-state index contributed by atoms with van der Waals surface area (Å²) in [5, 5.41) is 13.2. The summed E-state index contributed by atoms with van der Waals surface area (Å²) in [6.45, 7) is 6.16. The highest BCUT2D eigenvalue weighted by Crippen LogP contribution is 2.36. The number of benzene rings is 1. The van der Waals surface area contributed by atoms with Gasteiger partial charge in [-0.05, 0) is 69.3 Å². The first-order valence-electron chi connectivity index (χ1n) is 13.3. The molecule has 38 heavy (non-hydrogen) atoms. The van der Waals surface area contributed by atoms with Crippen LogP contribution < -0.4 is 5.32 Å². The Kier molecular flexibility index (Phi) is 7.30. The van der Waals surface area contributed by atoms with E-state index in [1.165, 1.54) is 18.6 Å². The molecule has 3 heterocycles. The Hall–Kier alpha value is -3.21. The summed E-state index contributed by atoms with van der Waals surface area (Å²) >= 11 is 0. The topological polar surface area (TPSA) is 96.2 Å². The molecule has 2 atom stereocenters. The van der Waals surface area contributed by atoms with Gasteiger partial charge in [0.1, 0.15) is 11.3 Å². The van der Waals surface area contributed by atoms with E-state index in [0.29, 0.717) is 22.8 Å². The fourth-order valence-corrected chi connectivity index (χ4v) is 5.58. The summed E-state index contributed by atoms with van der Waals surface area (Å²) in [6.07, 6.45) is 1.94. The van der Waals surface area contributed by atoms with Crippen molar-refractivity contribution in [2.45, 2.75) is 77.2 Å². The maximum atomic E-state index is 13.2. The van der Waals surface area contributed by atoms with E-state index in [1.54, 1.807) is 0 Å². The minimum absolute atomic E-state index is 0.0115. The molecule has 1 aromatic carbocycles. The highest BCUT2D eigenvalue weighted by atomic mass is 19.4. The molecular weight excluding hydrogens is 497 g/mol. The van der Waals surface area contributed by atoms with Crippen molar-refractivity contribution in [1.82, 2.24) is 24.4 Å². The summed E-state index contributed by atoms with van der Waals surface area (Å²) in [4.78, 5) is 27.8. The summed E-state index contributed by atoms with van der Waals surface area (Å²) in [5.74, 6) is 0.0300. The Bertz CT molecular complexity index is 1300. The number of imidazole rings is 1. The van der Waals surface area contributed by atoms with E-state index in [0.717, 1.165) is 63.2 Å². The average molecular weight is 531 g/mol. The number of anilines is 1. The highest BCUT2D eigenvalue weighted by molar-refractivity contribution is 5.90. The number of nitrogens with one attached hydrogen (secondary N) is 1. The minimum atomic E-state index is -4.41. The lowest BCUT2D eigenvalue weighted by molar-refractivity contribution is -0.137. The fourth-order valence-electron chi connectivity index (χ4n) is 5.58. The quantitative estimate of drug-likeness (QED) is 0.383. The van der Waals surface area contributed by atoms with Crippen molar-refractivity contribution in [3.63, 3.8) is 0 Å². The van der Waals surface area contributed by atoms with Gasteiger partial charge in [0.2, 0.25) is 5.82 Å². The number of carbonyl (C=O) groups is 1. The molecule has 11 heteroatoms. The minimum Gasteiger partial charge on any atom is -0.475 e. The van der Waals surface area contributed by atoms with Crippen LogP contribution >= 0.6 is 0 Å². The van der Waals surface area contributed by atoms with Gasteiger partial charge in [-0.3, -0.25) is 4.90 Å². The number of carboxylic acid groups (broad SMARTS) is 1. The Balaban J connectivity index is 1.65. The molecule has 2 unspecified atom stereocenters. The second kappa shape index (κ2) is 10.5. The zero-order valence-corrected chi connectivity index (χ0v) is 21.6. The number of fused-ring (bicyclic) bond motifs is 1. The molecule has 204 valence electrons. The van der Waals surface area contributed by atoms with Gasteiger partial charge in [0.15, 0.2) is 11.5 Å². The molecule has 2 aliphatic rings. The molecular formula is C27H33F3N6O2. The average Bonchev–Trinajstić information content (AvgIpc) is 3.20. The molecule has 1 aliphatic carbocycles. The van der Waals surface area contributed by atoms with Crippen LogP contribution in [0.1, 0.15) is 86.0 Å². The molecule has 0 bridgehead atoms. The predicted octanol–water partition coefficient (Wildman–Crippen LogP) is 5.74. The number of hydrogen-bond acceptors (Lipinski definition) is 6. The molecule has 1 aliphatic heterocycles. The van der Waals surface area contributed by atoms with Crippen molar-refractivity contribution < 1.29 is 23.1 Å². The largest absolute Gasteiger partial charge is 0.475 e. The number of piperidine rings is 1. The zero-order chi connectivity index (χ0) is 27.0. The maximum absolute atomic E-state index is 13.2. The van der Waals surface area contributed by atoms with Crippen LogP contribution in [-0.2, 0) is 12.7 Å². The molecule has 1 saturated carbocycles. The Morgan fingerprint density at radius 2 is 1.84 bits per heavy atom. The number of likely N-dealkylation sites (tertiary alicyclic amines) is 1. The Labute approximate surface area is 219 Å². The van der Waals surface area contributed by atoms with E-state index in [2.05, 4.69) is 34.0 Å². The monoisotopic (exact) mass is 530 g/mol. The molecule has 5 rings (SSSR count). The molecule has 2 fully saturated rings. The molecule has 0 amide bonds. The van der Waals surface area contributed by atoms with Crippen LogP contribution in [0.3, 0.4) is 0 Å². The van der Waals surface area contributed by atoms with Crippen LogP contribution in [0.2, 0.25) is 0 Å². The molecule has 2 N–H and O–H groups in total. The normalized spacial score (nSPS) is 19.9. The zero-order valence-electron chi connectivity index (χ0n) is 21.6. The van der Waals surface area contributed by atoms with Crippen LogP contribution in [0.5, 0.6) is 0 Å². The third kappa shape index (κ3) is 5.21. The van der Waals surface area contributed by atoms with E-state index in [9.17, 15) is 23.1 Å². The van der Waals surface area contributed by atoms with E-state index in [1.807, 2.05) is 4.57 Å². The van der Waals surface area contributed by atoms with E-state index in [4.69, 9.17) is 4.98 Å². The van der Waals surface area contributed by atoms with E-state index in [-0.39, 0.29) is 30.1 Å². The second-order valence-electron chi connectivity index (χ2n) is 10.4. The van der Waals surface area contributed by atoms with Crippen molar-refractivity contribution in [2.75, 3.05) is 18.4 Å². The van der Waals surface area contributed by atoms with E-state index >= 15 is 0 Å². The van der Waals surface area contributed by atoms with Crippen LogP contribution in [0.4, 0.5) is 19.0 Å². The highest BCUT2D eigenvalue weighted by Gasteiger charge is 2.32. The van der Waals surface area contributed by atoms with Crippen LogP contribution in [0.25, 0.3) is 11.2 Å². The summed E-state index contributed by atoms with van der Waals surface area (Å²) < 4.78 is 41.5. The smallest absolute Gasteiger partial charge is 0.416 e. The van der Waals surface area contributed by atoms with Crippen LogP contribution in [0, 0.1) is 5.92 Å². The van der Waals surface area contributed by atoms with Gasteiger partial charge in [0.05, 0.1) is 11.6 Å².